The van der Waals surface area contributed by atoms with Crippen molar-refractivity contribution in [3.8, 4) is 11.5 Å². The molecule has 1 aliphatic rings. The van der Waals surface area contributed by atoms with Crippen LogP contribution in [0, 0.1) is 5.92 Å². The molecule has 1 heterocycles. The van der Waals surface area contributed by atoms with Crippen molar-refractivity contribution >= 4 is 29.9 Å². The fraction of sp³-hybridized carbons (Fsp3) is 0.632. The molecule has 0 aromatic heterocycles. The number of ether oxygens (including phenoxy) is 3. The molecule has 0 spiro atoms. The third kappa shape index (κ3) is 6.50. The first kappa shape index (κ1) is 22.8. The molecular weight excluding hydrogens is 445 g/mol. The van der Waals surface area contributed by atoms with Crippen molar-refractivity contribution < 1.29 is 14.2 Å². The molecule has 0 saturated carbocycles. The van der Waals surface area contributed by atoms with Crippen LogP contribution in [0.1, 0.15) is 18.9 Å². The van der Waals surface area contributed by atoms with Crippen molar-refractivity contribution in [2.24, 2.45) is 10.9 Å². The molecule has 0 amide bonds. The maximum Gasteiger partial charge on any atom is 0.193 e. The van der Waals surface area contributed by atoms with Gasteiger partial charge in [-0.2, -0.15) is 0 Å². The molecule has 0 bridgehead atoms. The van der Waals surface area contributed by atoms with Gasteiger partial charge in [0.1, 0.15) is 0 Å². The Balaban J connectivity index is 0.00000338. The van der Waals surface area contributed by atoms with Gasteiger partial charge < -0.3 is 24.4 Å². The quantitative estimate of drug-likeness (QED) is 0.355. The van der Waals surface area contributed by atoms with E-state index in [1.165, 1.54) is 5.56 Å². The lowest BCUT2D eigenvalue weighted by atomic mass is 10.1. The second-order valence-electron chi connectivity index (χ2n) is 6.23. The summed E-state index contributed by atoms with van der Waals surface area (Å²) in [5, 5.41) is 3.40. The molecule has 1 unspecified atom stereocenters. The van der Waals surface area contributed by atoms with Gasteiger partial charge in [0, 0.05) is 39.2 Å². The zero-order valence-electron chi connectivity index (χ0n) is 16.3. The standard InChI is InChI=1S/C19H31N3O3.HI/c1-5-20-19(22-11-9-16(13-22)14-23-2)21-10-8-15-6-7-17(24-3)18(12-15)25-4;/h6-7,12,16H,5,8-11,13-14H2,1-4H3,(H,20,21);1H. The number of hydrogen-bond donors (Lipinski definition) is 1. The maximum absolute atomic E-state index is 5.37. The van der Waals surface area contributed by atoms with Gasteiger partial charge in [0.25, 0.3) is 0 Å². The summed E-state index contributed by atoms with van der Waals surface area (Å²) < 4.78 is 15.9. The molecule has 1 atom stereocenters. The Morgan fingerprint density at radius 1 is 1.23 bits per heavy atom. The molecule has 1 N–H and O–H groups in total. The molecule has 148 valence electrons. The highest BCUT2D eigenvalue weighted by Gasteiger charge is 2.24. The summed E-state index contributed by atoms with van der Waals surface area (Å²) in [7, 11) is 5.08. The van der Waals surface area contributed by atoms with Crippen molar-refractivity contribution in [1.29, 1.82) is 0 Å². The van der Waals surface area contributed by atoms with Gasteiger partial charge in [-0.3, -0.25) is 4.99 Å². The normalized spacial score (nSPS) is 17.0. The molecule has 1 aromatic rings. The number of guanidine groups is 1. The molecule has 2 rings (SSSR count). The maximum atomic E-state index is 5.37. The molecule has 1 aliphatic heterocycles. The van der Waals surface area contributed by atoms with E-state index in [-0.39, 0.29) is 24.0 Å². The monoisotopic (exact) mass is 477 g/mol. The number of nitrogens with one attached hydrogen (secondary N) is 1. The third-order valence-electron chi connectivity index (χ3n) is 4.43. The Morgan fingerprint density at radius 3 is 2.65 bits per heavy atom. The average molecular weight is 477 g/mol. The van der Waals surface area contributed by atoms with E-state index in [0.29, 0.717) is 5.92 Å². The smallest absolute Gasteiger partial charge is 0.193 e. The van der Waals surface area contributed by atoms with Gasteiger partial charge in [-0.1, -0.05) is 6.07 Å². The Morgan fingerprint density at radius 2 is 2.00 bits per heavy atom. The molecule has 0 radical (unpaired) electrons. The van der Waals surface area contributed by atoms with E-state index < -0.39 is 0 Å². The van der Waals surface area contributed by atoms with Crippen LogP contribution in [-0.2, 0) is 11.2 Å². The Hall–Kier alpha value is -1.22. The zero-order valence-corrected chi connectivity index (χ0v) is 18.6. The van der Waals surface area contributed by atoms with E-state index in [0.717, 1.165) is 63.1 Å². The number of halogens is 1. The van der Waals surface area contributed by atoms with Gasteiger partial charge in [-0.25, -0.2) is 0 Å². The highest BCUT2D eigenvalue weighted by Crippen LogP contribution is 2.27. The second kappa shape index (κ2) is 12.2. The van der Waals surface area contributed by atoms with Gasteiger partial charge in [0.15, 0.2) is 17.5 Å². The SMILES string of the molecule is CCNC(=NCCc1ccc(OC)c(OC)c1)N1CCC(COC)C1.I. The summed E-state index contributed by atoms with van der Waals surface area (Å²) in [6.45, 7) is 6.59. The van der Waals surface area contributed by atoms with Crippen molar-refractivity contribution in [2.75, 3.05) is 54.1 Å². The van der Waals surface area contributed by atoms with E-state index in [1.54, 1.807) is 21.3 Å². The minimum Gasteiger partial charge on any atom is -0.493 e. The molecule has 1 saturated heterocycles. The predicted molar refractivity (Wildman–Crippen MR) is 116 cm³/mol. The molecule has 26 heavy (non-hydrogen) atoms. The third-order valence-corrected chi connectivity index (χ3v) is 4.43. The summed E-state index contributed by atoms with van der Waals surface area (Å²) >= 11 is 0. The van der Waals surface area contributed by atoms with E-state index in [4.69, 9.17) is 19.2 Å². The Kier molecular flexibility index (Phi) is 10.7. The minimum absolute atomic E-state index is 0. The van der Waals surface area contributed by atoms with Gasteiger partial charge in [0.2, 0.25) is 0 Å². The van der Waals surface area contributed by atoms with Crippen LogP contribution in [0.25, 0.3) is 0 Å². The minimum atomic E-state index is 0. The fourth-order valence-corrected chi connectivity index (χ4v) is 3.15. The molecule has 1 aromatic carbocycles. The van der Waals surface area contributed by atoms with E-state index in [2.05, 4.69) is 23.2 Å². The molecular formula is C19H32IN3O3. The predicted octanol–water partition coefficient (Wildman–Crippen LogP) is 2.80. The summed E-state index contributed by atoms with van der Waals surface area (Å²) in [5.41, 5.74) is 1.19. The van der Waals surface area contributed by atoms with E-state index >= 15 is 0 Å². The van der Waals surface area contributed by atoms with Crippen LogP contribution in [0.3, 0.4) is 0 Å². The first-order valence-electron chi connectivity index (χ1n) is 8.94. The van der Waals surface area contributed by atoms with Crippen molar-refractivity contribution in [3.63, 3.8) is 0 Å². The lowest BCUT2D eigenvalue weighted by Crippen LogP contribution is -2.40. The van der Waals surface area contributed by atoms with Crippen molar-refractivity contribution in [2.45, 2.75) is 19.8 Å². The Labute approximate surface area is 174 Å². The number of rotatable bonds is 8. The van der Waals surface area contributed by atoms with Crippen LogP contribution >= 0.6 is 24.0 Å². The number of likely N-dealkylation sites (tertiary alicyclic amines) is 1. The van der Waals surface area contributed by atoms with E-state index in [1.807, 2.05) is 12.1 Å². The summed E-state index contributed by atoms with van der Waals surface area (Å²) in [6, 6.07) is 6.03. The van der Waals surface area contributed by atoms with Crippen LogP contribution < -0.4 is 14.8 Å². The first-order chi connectivity index (χ1) is 12.2. The molecule has 0 aliphatic carbocycles. The van der Waals surface area contributed by atoms with Crippen molar-refractivity contribution in [1.82, 2.24) is 10.2 Å². The number of methoxy groups -OCH3 is 3. The lowest BCUT2D eigenvalue weighted by molar-refractivity contribution is 0.157. The molecule has 7 heteroatoms. The van der Waals surface area contributed by atoms with Crippen molar-refractivity contribution in [3.05, 3.63) is 23.8 Å². The average Bonchev–Trinajstić information content (AvgIpc) is 3.09. The van der Waals surface area contributed by atoms with Crippen LogP contribution in [0.4, 0.5) is 0 Å². The first-order valence-corrected chi connectivity index (χ1v) is 8.94. The Bertz CT molecular complexity index is 569. The summed E-state index contributed by atoms with van der Waals surface area (Å²) in [6.07, 6.45) is 2.03. The van der Waals surface area contributed by atoms with Crippen LogP contribution in [0.2, 0.25) is 0 Å². The number of hydrogen-bond acceptors (Lipinski definition) is 4. The summed E-state index contributed by atoms with van der Waals surface area (Å²) in [4.78, 5) is 7.14. The zero-order chi connectivity index (χ0) is 18.1. The van der Waals surface area contributed by atoms with Gasteiger partial charge >= 0.3 is 0 Å². The second-order valence-corrected chi connectivity index (χ2v) is 6.23. The highest BCUT2D eigenvalue weighted by atomic mass is 127. The van der Waals surface area contributed by atoms with Crippen LogP contribution in [0.5, 0.6) is 11.5 Å². The lowest BCUT2D eigenvalue weighted by Gasteiger charge is -2.21. The number of aliphatic imine (C=N–C) groups is 1. The largest absolute Gasteiger partial charge is 0.493 e. The van der Waals surface area contributed by atoms with Gasteiger partial charge in [-0.15, -0.1) is 24.0 Å². The van der Waals surface area contributed by atoms with Gasteiger partial charge in [-0.05, 0) is 37.5 Å². The molecule has 6 nitrogen and oxygen atoms in total. The van der Waals surface area contributed by atoms with Crippen LogP contribution in [0.15, 0.2) is 23.2 Å². The molecule has 1 fully saturated rings. The number of nitrogens with zero attached hydrogens (tertiary/aromatic N) is 2. The highest BCUT2D eigenvalue weighted by molar-refractivity contribution is 14.0. The van der Waals surface area contributed by atoms with E-state index in [9.17, 15) is 0 Å². The topological polar surface area (TPSA) is 55.3 Å². The fourth-order valence-electron chi connectivity index (χ4n) is 3.15. The van der Waals surface area contributed by atoms with Crippen LogP contribution in [-0.4, -0.2) is 65.0 Å². The summed E-state index contributed by atoms with van der Waals surface area (Å²) in [5.74, 6) is 3.11. The number of benzene rings is 1. The van der Waals surface area contributed by atoms with Gasteiger partial charge in [0.05, 0.1) is 20.8 Å².